The molecule has 0 spiro atoms. The second kappa shape index (κ2) is 39.7. The molecule has 0 aliphatic rings. The lowest BCUT2D eigenvalue weighted by Crippen LogP contribution is -2.45. The van der Waals surface area contributed by atoms with E-state index in [-0.39, 0.29) is 39.6 Å². The van der Waals surface area contributed by atoms with E-state index in [1.54, 1.807) is 24.3 Å². The van der Waals surface area contributed by atoms with Crippen LogP contribution in [-0.2, 0) is 49.6 Å². The number of hydrogen-bond donors (Lipinski definition) is 0. The molecule has 1 aromatic carbocycles. The van der Waals surface area contributed by atoms with Crippen molar-refractivity contribution in [2.24, 2.45) is 0 Å². The van der Waals surface area contributed by atoms with E-state index in [2.05, 4.69) is 47.8 Å². The number of unbranched alkanes of at least 4 members (excludes halogenated alkanes) is 1. The zero-order chi connectivity index (χ0) is 31.4. The fraction of sp³-hybridized carbons (Fsp3) is 0.393. The summed E-state index contributed by atoms with van der Waals surface area (Å²) in [6, 6.07) is 8.83. The van der Waals surface area contributed by atoms with E-state index in [0.29, 0.717) is 18.6 Å². The van der Waals surface area contributed by atoms with Crippen molar-refractivity contribution in [3.05, 3.63) is 90.3 Å². The highest BCUT2D eigenvalue weighted by atomic mass is 17.2. The van der Waals surface area contributed by atoms with Gasteiger partial charge in [-0.2, -0.15) is 0 Å². The lowest BCUT2D eigenvalue weighted by atomic mass is 10.1. The number of rotatable bonds is 11. The number of hydrogen-bond acceptors (Lipinski definition) is 6. The third kappa shape index (κ3) is 39.9. The van der Waals surface area contributed by atoms with E-state index in [9.17, 15) is 9.59 Å². The van der Waals surface area contributed by atoms with Crippen molar-refractivity contribution in [2.75, 3.05) is 39.6 Å². The number of para-hydroxylation sites is 1. The van der Waals surface area contributed by atoms with Crippen molar-refractivity contribution in [1.82, 2.24) is 0 Å². The summed E-state index contributed by atoms with van der Waals surface area (Å²) in [6.07, 6.45) is 3.87. The number of ether oxygens (including phenoxy) is 2. The van der Waals surface area contributed by atoms with Crippen LogP contribution in [0.1, 0.15) is 26.2 Å². The Hall–Kier alpha value is -2.80. The molecule has 0 bridgehead atoms. The first-order valence-corrected chi connectivity index (χ1v) is 11.5. The molecule has 0 saturated carbocycles. The van der Waals surface area contributed by atoms with Crippen LogP contribution in [0.15, 0.2) is 55.6 Å². The predicted octanol–water partition coefficient (Wildman–Crippen LogP) is 4.60. The smallest absolute Gasteiger partial charge is 0.365 e. The van der Waals surface area contributed by atoms with Gasteiger partial charge in [0.2, 0.25) is 0 Å². The minimum Gasteiger partial charge on any atom is -0.455 e. The Morgan fingerprint density at radius 2 is 1.18 bits per heavy atom. The molecule has 11 heteroatoms. The van der Waals surface area contributed by atoms with E-state index in [0.717, 1.165) is 18.6 Å². The number of carbonyl (C=O) groups excluding carboxylic acids is 2. The zero-order valence-electron chi connectivity index (χ0n) is 22.8. The van der Waals surface area contributed by atoms with Gasteiger partial charge in [0.25, 0.3) is 5.79 Å². The van der Waals surface area contributed by atoms with Gasteiger partial charge >= 0.3 is 11.9 Å². The quantitative estimate of drug-likeness (QED) is 0.127. The van der Waals surface area contributed by atoms with E-state index in [1.165, 1.54) is 0 Å². The van der Waals surface area contributed by atoms with Crippen LogP contribution in [0, 0.1) is 34.6 Å². The molecule has 0 amide bonds. The number of esters is 1. The Balaban J connectivity index is -0.000000213. The van der Waals surface area contributed by atoms with Crippen molar-refractivity contribution in [3.63, 3.8) is 0 Å². The average Bonchev–Trinajstić information content (AvgIpc) is 2.92. The minimum absolute atomic E-state index is 0.250. The third-order valence-electron chi connectivity index (χ3n) is 3.00. The molecular formula is C28H42O11. The van der Waals surface area contributed by atoms with Gasteiger partial charge < -0.3 is 9.47 Å². The van der Waals surface area contributed by atoms with Crippen molar-refractivity contribution in [3.8, 4) is 5.75 Å². The van der Waals surface area contributed by atoms with Gasteiger partial charge in [-0.05, 0) is 53.2 Å². The Labute approximate surface area is 234 Å². The first-order chi connectivity index (χ1) is 18.6. The molecule has 0 aliphatic carbocycles. The topological polar surface area (TPSA) is 171 Å². The summed E-state index contributed by atoms with van der Waals surface area (Å²) >= 11 is 0. The first kappa shape index (κ1) is 46.1. The maximum Gasteiger partial charge on any atom is 0.365 e. The molecule has 0 aliphatic heterocycles. The molecule has 11 nitrogen and oxygen atoms in total. The largest absolute Gasteiger partial charge is 0.455 e. The van der Waals surface area contributed by atoms with Gasteiger partial charge in [-0.1, -0.05) is 44.7 Å². The fourth-order valence-corrected chi connectivity index (χ4v) is 1.78. The molecule has 0 saturated heterocycles. The summed E-state index contributed by atoms with van der Waals surface area (Å²) in [7, 11) is 0. The second-order valence-corrected chi connectivity index (χ2v) is 5.95. The van der Waals surface area contributed by atoms with Gasteiger partial charge in [-0.3, -0.25) is 4.89 Å². The highest BCUT2D eigenvalue weighted by molar-refractivity contribution is 5.81. The standard InChI is InChI=1S/C18H22O6.5C2H4O/c1-4-7-13-18(14-21-16(19)5-2,24-23-17(20)6-3)22-15-11-9-8-10-12-15;5*1-2-3/h5-6,8-12H,2-4,7,13-14H2,1H3;5*1-2H2. The molecule has 1 atom stereocenters. The van der Waals surface area contributed by atoms with Gasteiger partial charge in [0.05, 0.1) is 33.0 Å². The Kier molecular flexibility index (Phi) is 46.9. The first-order valence-electron chi connectivity index (χ1n) is 11.5. The predicted molar refractivity (Wildman–Crippen MR) is 142 cm³/mol. The second-order valence-electron chi connectivity index (χ2n) is 5.95. The van der Waals surface area contributed by atoms with Gasteiger partial charge in [-0.15, -0.1) is 4.89 Å². The van der Waals surface area contributed by atoms with E-state index in [4.69, 9.17) is 44.8 Å². The van der Waals surface area contributed by atoms with E-state index in [1.807, 2.05) is 13.0 Å². The van der Waals surface area contributed by atoms with Crippen molar-refractivity contribution >= 4 is 11.9 Å². The van der Waals surface area contributed by atoms with E-state index < -0.39 is 17.7 Å². The summed E-state index contributed by atoms with van der Waals surface area (Å²) in [6.45, 7) is 21.8. The van der Waals surface area contributed by atoms with Gasteiger partial charge in [0.1, 0.15) is 5.75 Å². The zero-order valence-corrected chi connectivity index (χ0v) is 22.8. The van der Waals surface area contributed by atoms with Crippen LogP contribution in [0.25, 0.3) is 0 Å². The van der Waals surface area contributed by atoms with E-state index >= 15 is 0 Å². The lowest BCUT2D eigenvalue weighted by molar-refractivity contribution is -0.390. The van der Waals surface area contributed by atoms with Crippen LogP contribution in [0.2, 0.25) is 0 Å². The molecule has 1 unspecified atom stereocenters. The summed E-state index contributed by atoms with van der Waals surface area (Å²) in [5, 5.41) is 44.1. The van der Waals surface area contributed by atoms with Crippen molar-refractivity contribution < 1.29 is 54.4 Å². The Morgan fingerprint density at radius 1 is 0.769 bits per heavy atom. The van der Waals surface area contributed by atoms with Gasteiger partial charge in [-0.25, -0.2) is 35.1 Å². The third-order valence-corrected chi connectivity index (χ3v) is 3.00. The maximum absolute atomic E-state index is 11.4. The molecular weight excluding hydrogens is 512 g/mol. The molecule has 39 heavy (non-hydrogen) atoms. The highest BCUT2D eigenvalue weighted by Crippen LogP contribution is 2.26. The molecule has 0 fully saturated rings. The highest BCUT2D eigenvalue weighted by Gasteiger charge is 2.38. The molecule has 0 aromatic heterocycles. The lowest BCUT2D eigenvalue weighted by Gasteiger charge is -2.31. The van der Waals surface area contributed by atoms with Crippen LogP contribution in [0.3, 0.4) is 0 Å². The van der Waals surface area contributed by atoms with Gasteiger partial charge in [0.15, 0.2) is 6.61 Å². The molecule has 0 heterocycles. The van der Waals surface area contributed by atoms with Crippen LogP contribution < -0.4 is 4.74 Å². The summed E-state index contributed by atoms with van der Waals surface area (Å²) < 4.78 is 10.9. The van der Waals surface area contributed by atoms with Crippen molar-refractivity contribution in [1.29, 1.82) is 0 Å². The van der Waals surface area contributed by atoms with Crippen LogP contribution in [0.4, 0.5) is 0 Å². The summed E-state index contributed by atoms with van der Waals surface area (Å²) in [4.78, 5) is 32.7. The number of carbonyl (C=O) groups is 2. The SMILES string of the molecule is C=CC(=O)OCC(CCCC)(OOC(=O)C=C)Oc1ccccc1.[CH2]C[O].[CH2]C[O].[CH2]C[O].[CH2]C[O].[CH2]C[O]. The monoisotopic (exact) mass is 554 g/mol. The average molecular weight is 555 g/mol. The minimum atomic E-state index is -1.46. The molecule has 1 rings (SSSR count). The Bertz CT molecular complexity index is 602. The number of benzene rings is 1. The maximum atomic E-state index is 11.4. The van der Waals surface area contributed by atoms with Crippen LogP contribution in [0.5, 0.6) is 5.75 Å². The van der Waals surface area contributed by atoms with Gasteiger partial charge in [0, 0.05) is 18.6 Å². The molecule has 220 valence electrons. The van der Waals surface area contributed by atoms with Crippen molar-refractivity contribution in [2.45, 2.75) is 32.0 Å². The fourth-order valence-electron chi connectivity index (χ4n) is 1.78. The Morgan fingerprint density at radius 3 is 1.54 bits per heavy atom. The van der Waals surface area contributed by atoms with Crippen LogP contribution >= 0.6 is 0 Å². The summed E-state index contributed by atoms with van der Waals surface area (Å²) in [5.41, 5.74) is 0. The normalized spacial score (nSPS) is 10.0. The molecule has 10 radical (unpaired) electrons. The molecule has 1 aromatic rings. The summed E-state index contributed by atoms with van der Waals surface area (Å²) in [5.74, 6) is -2.39. The molecule has 0 N–H and O–H groups in total. The van der Waals surface area contributed by atoms with Crippen LogP contribution in [-0.4, -0.2) is 57.4 Å².